The van der Waals surface area contributed by atoms with Gasteiger partial charge in [-0.25, -0.2) is 13.2 Å². The highest BCUT2D eigenvalue weighted by molar-refractivity contribution is 7.86. The second-order valence-electron chi connectivity index (χ2n) is 8.85. The summed E-state index contributed by atoms with van der Waals surface area (Å²) in [5.41, 5.74) is 0. The molecule has 0 N–H and O–H groups in total. The fourth-order valence-corrected chi connectivity index (χ4v) is 3.74. The van der Waals surface area contributed by atoms with E-state index in [0.29, 0.717) is 0 Å². The summed E-state index contributed by atoms with van der Waals surface area (Å²) < 4.78 is 172. The van der Waals surface area contributed by atoms with Gasteiger partial charge in [0.1, 0.15) is 12.7 Å². The molecule has 5 atom stereocenters. The van der Waals surface area contributed by atoms with Crippen LogP contribution in [0, 0.1) is 0 Å². The highest BCUT2D eigenvalue weighted by Gasteiger charge is 2.71. The summed E-state index contributed by atoms with van der Waals surface area (Å²) in [5, 5.41) is -6.86. The number of halogens is 8. The van der Waals surface area contributed by atoms with Gasteiger partial charge < -0.3 is 33.0 Å². The molecule has 44 heavy (non-hydrogen) atoms. The van der Waals surface area contributed by atoms with Crippen LogP contribution in [0.5, 0.6) is 0 Å². The van der Waals surface area contributed by atoms with E-state index in [4.69, 9.17) is 28.4 Å². The Bertz CT molecular complexity index is 1170. The van der Waals surface area contributed by atoms with Crippen molar-refractivity contribution >= 4 is 34.0 Å². The second-order valence-corrected chi connectivity index (χ2v) is 10.3. The summed E-state index contributed by atoms with van der Waals surface area (Å²) in [6.45, 7) is 1.76. The molecular weight excluding hydrogens is 660 g/mol. The Kier molecular flexibility index (Phi) is 12.9. The highest BCUT2D eigenvalue weighted by Crippen LogP contribution is 2.48. The Morgan fingerprint density at radius 3 is 1.68 bits per heavy atom. The monoisotopic (exact) mass is 685 g/mol. The van der Waals surface area contributed by atoms with Gasteiger partial charge >= 0.3 is 47.3 Å². The van der Waals surface area contributed by atoms with Crippen LogP contribution in [-0.2, 0) is 62.5 Å². The van der Waals surface area contributed by atoms with Crippen LogP contribution in [0.3, 0.4) is 0 Å². The zero-order valence-electron chi connectivity index (χ0n) is 22.9. The lowest BCUT2D eigenvalue weighted by Crippen LogP contribution is -2.63. The van der Waals surface area contributed by atoms with Crippen molar-refractivity contribution in [2.75, 3.05) is 13.2 Å². The molecule has 1 fully saturated rings. The Morgan fingerprint density at radius 2 is 1.23 bits per heavy atom. The molecule has 1 rings (SSSR count). The molecule has 0 radical (unpaired) electrons. The molecule has 1 saturated heterocycles. The Hall–Kier alpha value is -2.89. The highest BCUT2D eigenvalue weighted by atomic mass is 32.2. The first-order valence-electron chi connectivity index (χ1n) is 11.8. The number of carbonyl (C=O) groups excluding carboxylic acids is 4. The van der Waals surface area contributed by atoms with Gasteiger partial charge in [0.05, 0.1) is 6.61 Å². The minimum Gasteiger partial charge on any atom is -0.743 e. The molecule has 0 aromatic heterocycles. The van der Waals surface area contributed by atoms with Crippen LogP contribution in [0.4, 0.5) is 35.1 Å². The molecule has 1 heterocycles. The van der Waals surface area contributed by atoms with Crippen molar-refractivity contribution in [2.45, 2.75) is 94.6 Å². The molecule has 2 unspecified atom stereocenters. The number of esters is 4. The van der Waals surface area contributed by atoms with E-state index in [1.54, 1.807) is 0 Å². The lowest BCUT2D eigenvalue weighted by molar-refractivity contribution is -0.456. The van der Waals surface area contributed by atoms with Gasteiger partial charge in [0.15, 0.2) is 34.7 Å². The van der Waals surface area contributed by atoms with E-state index in [1.165, 1.54) is 0 Å². The van der Waals surface area contributed by atoms with Gasteiger partial charge in [0.2, 0.25) is 0 Å². The normalized spacial score (nSPS) is 23.4. The molecule has 1 aliphatic heterocycles. The predicted octanol–water partition coefficient (Wildman–Crippen LogP) is 1.84. The summed E-state index contributed by atoms with van der Waals surface area (Å²) in [6.07, 6.45) is -25.6. The van der Waals surface area contributed by atoms with Crippen LogP contribution in [0.15, 0.2) is 0 Å². The lowest BCUT2D eigenvalue weighted by atomic mass is 9.98. The number of rotatable bonds is 15. The standard InChI is InChI=1S/C21H26F8O14S/c1-9(30)38-8-13-14(39-10(2)31)15(40-11(3)32)16(41-12(4)33)17(42-13)37-7-5-6-18(22,23)19(24,25)43-20(26,27)21(28,29)44(34,35)36/h13-17H,5-8H2,1-4H3,(H,34,35,36)/p-1/t13?,14-,15+,16?,17-/m1/s1. The van der Waals surface area contributed by atoms with Crippen molar-refractivity contribution in [3.63, 3.8) is 0 Å². The van der Waals surface area contributed by atoms with Gasteiger partial charge in [-0.2, -0.15) is 35.1 Å². The fraction of sp³-hybridized carbons (Fsp3) is 0.810. The predicted molar refractivity (Wildman–Crippen MR) is 118 cm³/mol. The van der Waals surface area contributed by atoms with Gasteiger partial charge in [-0.15, -0.1) is 0 Å². The number of alkyl halides is 8. The smallest absolute Gasteiger partial charge is 0.438 e. The number of ether oxygens (including phenoxy) is 7. The van der Waals surface area contributed by atoms with Crippen LogP contribution in [0.1, 0.15) is 40.5 Å². The summed E-state index contributed by atoms with van der Waals surface area (Å²) in [4.78, 5) is 46.4. The maximum atomic E-state index is 14.1. The number of hydrogen-bond acceptors (Lipinski definition) is 14. The lowest BCUT2D eigenvalue weighted by Gasteiger charge is -2.44. The third-order valence-corrected chi connectivity index (χ3v) is 6.07. The minimum absolute atomic E-state index is 0.725. The molecule has 14 nitrogen and oxygen atoms in total. The van der Waals surface area contributed by atoms with E-state index in [-0.39, 0.29) is 0 Å². The van der Waals surface area contributed by atoms with E-state index < -0.39 is 114 Å². The summed E-state index contributed by atoms with van der Waals surface area (Å²) in [6, 6.07) is 0. The summed E-state index contributed by atoms with van der Waals surface area (Å²) >= 11 is 0. The average Bonchev–Trinajstić information content (AvgIpc) is 2.81. The molecule has 256 valence electrons. The summed E-state index contributed by atoms with van der Waals surface area (Å²) in [7, 11) is -7.35. The number of hydrogen-bond donors (Lipinski definition) is 0. The topological polar surface area (TPSA) is 190 Å². The van der Waals surface area contributed by atoms with Gasteiger partial charge in [-0.1, -0.05) is 0 Å². The molecule has 0 aromatic rings. The molecule has 23 heteroatoms. The zero-order chi connectivity index (χ0) is 34.5. The van der Waals surface area contributed by atoms with E-state index in [0.717, 1.165) is 27.7 Å². The quantitative estimate of drug-likeness (QED) is 0.0798. The van der Waals surface area contributed by atoms with Crippen molar-refractivity contribution in [1.82, 2.24) is 0 Å². The first-order valence-corrected chi connectivity index (χ1v) is 13.3. The summed E-state index contributed by atoms with van der Waals surface area (Å²) in [5.74, 6) is -9.74. The van der Waals surface area contributed by atoms with Gasteiger partial charge in [-0.05, 0) is 6.42 Å². The van der Waals surface area contributed by atoms with Crippen molar-refractivity contribution in [3.8, 4) is 0 Å². The van der Waals surface area contributed by atoms with E-state index in [1.807, 2.05) is 0 Å². The molecule has 0 aliphatic carbocycles. The maximum Gasteiger partial charge on any atom is 0.438 e. The van der Waals surface area contributed by atoms with E-state index >= 15 is 0 Å². The first kappa shape index (κ1) is 39.1. The second kappa shape index (κ2) is 14.5. The molecular formula is C21H25F8O14S-. The third-order valence-electron chi connectivity index (χ3n) is 5.20. The molecule has 0 spiro atoms. The van der Waals surface area contributed by atoms with Crippen molar-refractivity contribution in [3.05, 3.63) is 0 Å². The van der Waals surface area contributed by atoms with Crippen molar-refractivity contribution in [2.24, 2.45) is 0 Å². The number of carbonyl (C=O) groups is 4. The van der Waals surface area contributed by atoms with E-state index in [9.17, 15) is 67.3 Å². The third kappa shape index (κ3) is 10.1. The van der Waals surface area contributed by atoms with Crippen LogP contribution < -0.4 is 0 Å². The van der Waals surface area contributed by atoms with Crippen molar-refractivity contribution < 1.29 is 100 Å². The maximum absolute atomic E-state index is 14.1. The van der Waals surface area contributed by atoms with Crippen LogP contribution in [0.25, 0.3) is 0 Å². The molecule has 0 aromatic carbocycles. The first-order chi connectivity index (χ1) is 19.8. The van der Waals surface area contributed by atoms with E-state index in [2.05, 4.69) is 4.74 Å². The molecule has 0 saturated carbocycles. The zero-order valence-corrected chi connectivity index (χ0v) is 23.7. The Labute approximate surface area is 242 Å². The van der Waals surface area contributed by atoms with Crippen LogP contribution in [-0.4, -0.2) is 104 Å². The van der Waals surface area contributed by atoms with Crippen molar-refractivity contribution in [1.29, 1.82) is 0 Å². The Morgan fingerprint density at radius 1 is 0.750 bits per heavy atom. The van der Waals surface area contributed by atoms with Gasteiger partial charge in [0.25, 0.3) is 0 Å². The fourth-order valence-electron chi connectivity index (χ4n) is 3.40. The SMILES string of the molecule is CC(=O)OCC1O[C@@H](OCCCC(F)(F)C(F)(F)OC(F)(F)C(F)(F)S(=O)(=O)[O-])C(OC(C)=O)[C@@H](OC(C)=O)[C@@H]1OC(C)=O. The van der Waals surface area contributed by atoms with Crippen LogP contribution >= 0.6 is 0 Å². The Balaban J connectivity index is 3.18. The van der Waals surface area contributed by atoms with Gasteiger partial charge in [0, 0.05) is 34.1 Å². The average molecular weight is 685 g/mol. The molecule has 0 amide bonds. The van der Waals surface area contributed by atoms with Crippen LogP contribution in [0.2, 0.25) is 0 Å². The minimum atomic E-state index is -7.35. The molecule has 1 aliphatic rings. The largest absolute Gasteiger partial charge is 0.743 e. The van der Waals surface area contributed by atoms with Gasteiger partial charge in [-0.3, -0.25) is 19.2 Å². The molecule has 0 bridgehead atoms.